The van der Waals surface area contributed by atoms with Crippen molar-refractivity contribution < 1.29 is 4.74 Å². The monoisotopic (exact) mass is 219 g/mol. The van der Waals surface area contributed by atoms with Gasteiger partial charge in [-0.3, -0.25) is 0 Å². The minimum absolute atomic E-state index is 0.577. The third-order valence-corrected chi connectivity index (χ3v) is 2.81. The van der Waals surface area contributed by atoms with E-state index >= 15 is 0 Å². The molecule has 1 unspecified atom stereocenters. The molecule has 1 fully saturated rings. The van der Waals surface area contributed by atoms with E-state index in [0.29, 0.717) is 11.6 Å². The van der Waals surface area contributed by atoms with Crippen molar-refractivity contribution in [2.45, 2.75) is 6.42 Å². The van der Waals surface area contributed by atoms with Gasteiger partial charge in [-0.05, 0) is 6.42 Å². The second kappa shape index (κ2) is 4.05. The molecule has 3 heterocycles. The van der Waals surface area contributed by atoms with Crippen molar-refractivity contribution in [2.24, 2.45) is 5.92 Å². The Morgan fingerprint density at radius 2 is 2.44 bits per heavy atom. The van der Waals surface area contributed by atoms with Gasteiger partial charge in [0.2, 0.25) is 0 Å². The summed E-state index contributed by atoms with van der Waals surface area (Å²) in [4.78, 5) is 15.4. The number of hydrogen-bond donors (Lipinski definition) is 2. The van der Waals surface area contributed by atoms with Crippen molar-refractivity contribution in [2.75, 3.05) is 25.1 Å². The van der Waals surface area contributed by atoms with Crippen molar-refractivity contribution in [3.63, 3.8) is 0 Å². The van der Waals surface area contributed by atoms with Crippen LogP contribution in [-0.4, -0.2) is 39.7 Å². The van der Waals surface area contributed by atoms with Crippen molar-refractivity contribution in [3.05, 3.63) is 12.7 Å². The van der Waals surface area contributed by atoms with Gasteiger partial charge in [0.25, 0.3) is 0 Å². The largest absolute Gasteiger partial charge is 0.381 e. The molecule has 0 saturated carbocycles. The van der Waals surface area contributed by atoms with Crippen LogP contribution in [0.3, 0.4) is 0 Å². The average Bonchev–Trinajstić information content (AvgIpc) is 2.97. The van der Waals surface area contributed by atoms with Gasteiger partial charge in [-0.2, -0.15) is 0 Å². The molecule has 1 saturated heterocycles. The lowest BCUT2D eigenvalue weighted by atomic mass is 10.1. The molecule has 0 bridgehead atoms. The number of nitrogens with zero attached hydrogens (tertiary/aromatic N) is 3. The molecule has 0 aliphatic carbocycles. The second-order valence-corrected chi connectivity index (χ2v) is 3.93. The van der Waals surface area contributed by atoms with Crippen LogP contribution in [-0.2, 0) is 4.74 Å². The Morgan fingerprint density at radius 3 is 3.31 bits per heavy atom. The van der Waals surface area contributed by atoms with E-state index in [9.17, 15) is 0 Å². The van der Waals surface area contributed by atoms with E-state index in [0.717, 1.165) is 37.5 Å². The molecular weight excluding hydrogens is 206 g/mol. The van der Waals surface area contributed by atoms with Crippen LogP contribution in [0.25, 0.3) is 11.2 Å². The van der Waals surface area contributed by atoms with Gasteiger partial charge in [0, 0.05) is 19.1 Å². The first-order chi connectivity index (χ1) is 7.93. The lowest BCUT2D eigenvalue weighted by Gasteiger charge is -2.09. The highest BCUT2D eigenvalue weighted by molar-refractivity contribution is 5.81. The Kier molecular flexibility index (Phi) is 2.41. The van der Waals surface area contributed by atoms with Crippen LogP contribution < -0.4 is 5.32 Å². The summed E-state index contributed by atoms with van der Waals surface area (Å²) in [5.74, 6) is 1.39. The molecule has 2 N–H and O–H groups in total. The third-order valence-electron chi connectivity index (χ3n) is 2.81. The third kappa shape index (κ3) is 1.71. The lowest BCUT2D eigenvalue weighted by Crippen LogP contribution is -2.15. The number of hydrogen-bond acceptors (Lipinski definition) is 5. The summed E-state index contributed by atoms with van der Waals surface area (Å²) in [7, 11) is 0. The first kappa shape index (κ1) is 9.53. The van der Waals surface area contributed by atoms with Crippen LogP contribution in [0.15, 0.2) is 12.7 Å². The van der Waals surface area contributed by atoms with E-state index in [4.69, 9.17) is 4.74 Å². The van der Waals surface area contributed by atoms with E-state index in [1.165, 1.54) is 6.33 Å². The van der Waals surface area contributed by atoms with Gasteiger partial charge in [0.1, 0.15) is 11.8 Å². The topological polar surface area (TPSA) is 75.7 Å². The van der Waals surface area contributed by atoms with Crippen LogP contribution in [0.5, 0.6) is 0 Å². The van der Waals surface area contributed by atoms with E-state index in [1.54, 1.807) is 6.33 Å². The highest BCUT2D eigenvalue weighted by Gasteiger charge is 2.16. The molecule has 6 nitrogen and oxygen atoms in total. The number of ether oxygens (including phenoxy) is 1. The van der Waals surface area contributed by atoms with Gasteiger partial charge in [-0.1, -0.05) is 0 Å². The summed E-state index contributed by atoms with van der Waals surface area (Å²) >= 11 is 0. The Balaban J connectivity index is 1.75. The minimum Gasteiger partial charge on any atom is -0.381 e. The molecule has 6 heteroatoms. The molecule has 0 amide bonds. The number of rotatable bonds is 3. The predicted molar refractivity (Wildman–Crippen MR) is 59.1 cm³/mol. The quantitative estimate of drug-likeness (QED) is 0.798. The molecule has 1 atom stereocenters. The highest BCUT2D eigenvalue weighted by atomic mass is 16.5. The van der Waals surface area contributed by atoms with Crippen molar-refractivity contribution in [1.82, 2.24) is 19.9 Å². The van der Waals surface area contributed by atoms with Crippen LogP contribution >= 0.6 is 0 Å². The van der Waals surface area contributed by atoms with Crippen LogP contribution in [0, 0.1) is 5.92 Å². The molecule has 0 spiro atoms. The predicted octanol–water partition coefficient (Wildman–Crippen LogP) is 0.801. The smallest absolute Gasteiger partial charge is 0.182 e. The SMILES string of the molecule is c1nc(NCC2CCOC2)c2[nH]cnc2n1. The Bertz CT molecular complexity index is 477. The number of aromatic amines is 1. The zero-order valence-corrected chi connectivity index (χ0v) is 8.81. The van der Waals surface area contributed by atoms with E-state index < -0.39 is 0 Å². The summed E-state index contributed by atoms with van der Waals surface area (Å²) in [6, 6.07) is 0. The van der Waals surface area contributed by atoms with Crippen molar-refractivity contribution in [3.8, 4) is 0 Å². The van der Waals surface area contributed by atoms with Gasteiger partial charge in [0.15, 0.2) is 11.5 Å². The molecular formula is C10H13N5O. The number of anilines is 1. The first-order valence-electron chi connectivity index (χ1n) is 5.39. The Hall–Kier alpha value is -1.69. The highest BCUT2D eigenvalue weighted by Crippen LogP contribution is 2.17. The van der Waals surface area contributed by atoms with E-state index in [2.05, 4.69) is 25.3 Å². The lowest BCUT2D eigenvalue weighted by molar-refractivity contribution is 0.187. The van der Waals surface area contributed by atoms with Gasteiger partial charge in [-0.25, -0.2) is 15.0 Å². The van der Waals surface area contributed by atoms with Crippen LogP contribution in [0.4, 0.5) is 5.82 Å². The van der Waals surface area contributed by atoms with Crippen LogP contribution in [0.1, 0.15) is 6.42 Å². The minimum atomic E-state index is 0.577. The molecule has 16 heavy (non-hydrogen) atoms. The van der Waals surface area contributed by atoms with Crippen molar-refractivity contribution in [1.29, 1.82) is 0 Å². The normalized spacial score (nSPS) is 20.4. The Labute approximate surface area is 92.5 Å². The fourth-order valence-corrected chi connectivity index (χ4v) is 1.88. The number of H-pyrrole nitrogens is 1. The summed E-state index contributed by atoms with van der Waals surface area (Å²) in [6.45, 7) is 2.59. The molecule has 3 rings (SSSR count). The van der Waals surface area contributed by atoms with E-state index in [-0.39, 0.29) is 0 Å². The fraction of sp³-hybridized carbons (Fsp3) is 0.500. The molecule has 1 aliphatic rings. The molecule has 84 valence electrons. The maximum absolute atomic E-state index is 5.33. The van der Waals surface area contributed by atoms with Gasteiger partial charge in [0.05, 0.1) is 12.9 Å². The van der Waals surface area contributed by atoms with Gasteiger partial charge in [-0.15, -0.1) is 0 Å². The number of aromatic nitrogens is 4. The molecule has 2 aromatic heterocycles. The first-order valence-corrected chi connectivity index (χ1v) is 5.39. The molecule has 0 aromatic carbocycles. The zero-order chi connectivity index (χ0) is 10.8. The summed E-state index contributed by atoms with van der Waals surface area (Å²) < 4.78 is 5.33. The average molecular weight is 219 g/mol. The Morgan fingerprint density at radius 1 is 1.44 bits per heavy atom. The van der Waals surface area contributed by atoms with Gasteiger partial charge < -0.3 is 15.0 Å². The molecule has 0 radical (unpaired) electrons. The molecule has 1 aliphatic heterocycles. The maximum Gasteiger partial charge on any atom is 0.182 e. The maximum atomic E-state index is 5.33. The van der Waals surface area contributed by atoms with E-state index in [1.807, 2.05) is 0 Å². The zero-order valence-electron chi connectivity index (χ0n) is 8.81. The number of fused-ring (bicyclic) bond motifs is 1. The summed E-state index contributed by atoms with van der Waals surface area (Å²) in [5, 5.41) is 3.31. The fourth-order valence-electron chi connectivity index (χ4n) is 1.88. The summed E-state index contributed by atoms with van der Waals surface area (Å²) in [6.07, 6.45) is 4.27. The van der Waals surface area contributed by atoms with Crippen LogP contribution in [0.2, 0.25) is 0 Å². The van der Waals surface area contributed by atoms with Crippen molar-refractivity contribution >= 4 is 17.0 Å². The van der Waals surface area contributed by atoms with Gasteiger partial charge >= 0.3 is 0 Å². The number of imidazole rings is 1. The number of nitrogens with one attached hydrogen (secondary N) is 2. The standard InChI is InChI=1S/C10H13N5O/c1-2-16-4-7(1)3-11-9-8-10(13-5-12-8)15-6-14-9/h5-7H,1-4H2,(H2,11,12,13,14,15). The summed E-state index contributed by atoms with van der Waals surface area (Å²) in [5.41, 5.74) is 1.56. The molecule has 2 aromatic rings. The second-order valence-electron chi connectivity index (χ2n) is 3.93.